The van der Waals surface area contributed by atoms with Gasteiger partial charge in [-0.15, -0.1) is 0 Å². The normalized spacial score (nSPS) is 11.2. The Labute approximate surface area is 99.9 Å². The molecule has 0 saturated heterocycles. The molecule has 4 nitrogen and oxygen atoms in total. The Hall–Kier alpha value is -1.30. The maximum absolute atomic E-state index is 12.8. The van der Waals surface area contributed by atoms with Gasteiger partial charge in [0.1, 0.15) is 5.69 Å². The molecule has 0 aromatic carbocycles. The van der Waals surface area contributed by atoms with Gasteiger partial charge in [0.2, 0.25) is 5.95 Å². The second-order valence-corrected chi connectivity index (χ2v) is 4.18. The fraction of sp³-hybridized carbons (Fsp3) is 0.636. The molecule has 0 aliphatic heterocycles. The Bertz CT molecular complexity index is 355. The number of anilines is 1. The van der Waals surface area contributed by atoms with Gasteiger partial charge in [0.25, 0.3) is 6.43 Å². The van der Waals surface area contributed by atoms with Crippen LogP contribution in [0.25, 0.3) is 0 Å². The minimum absolute atomic E-state index is 0.208. The first kappa shape index (κ1) is 13.8. The van der Waals surface area contributed by atoms with Crippen molar-refractivity contribution in [2.45, 2.75) is 26.8 Å². The van der Waals surface area contributed by atoms with Crippen LogP contribution in [0.2, 0.25) is 0 Å². The molecule has 0 spiro atoms. The van der Waals surface area contributed by atoms with Gasteiger partial charge in [0, 0.05) is 25.4 Å². The van der Waals surface area contributed by atoms with Crippen molar-refractivity contribution in [1.29, 1.82) is 0 Å². The van der Waals surface area contributed by atoms with Crippen LogP contribution in [0.15, 0.2) is 6.20 Å². The summed E-state index contributed by atoms with van der Waals surface area (Å²) in [4.78, 5) is 7.72. The number of aromatic nitrogens is 2. The average Bonchev–Trinajstić information content (AvgIpc) is 2.28. The van der Waals surface area contributed by atoms with Crippen LogP contribution in [0.4, 0.5) is 14.7 Å². The van der Waals surface area contributed by atoms with Crippen molar-refractivity contribution in [3.05, 3.63) is 17.5 Å². The highest BCUT2D eigenvalue weighted by Gasteiger charge is 2.16. The number of halogens is 2. The van der Waals surface area contributed by atoms with Crippen LogP contribution >= 0.6 is 0 Å². The molecule has 1 aromatic rings. The summed E-state index contributed by atoms with van der Waals surface area (Å²) < 4.78 is 25.6. The van der Waals surface area contributed by atoms with Gasteiger partial charge < -0.3 is 10.6 Å². The van der Waals surface area contributed by atoms with Crippen LogP contribution in [0.3, 0.4) is 0 Å². The van der Waals surface area contributed by atoms with Crippen molar-refractivity contribution >= 4 is 5.95 Å². The highest BCUT2D eigenvalue weighted by atomic mass is 19.3. The van der Waals surface area contributed by atoms with E-state index in [0.29, 0.717) is 18.0 Å². The number of hydrogen-bond acceptors (Lipinski definition) is 4. The second kappa shape index (κ2) is 6.44. The third-order valence-electron chi connectivity index (χ3n) is 2.20. The van der Waals surface area contributed by atoms with Crippen LogP contribution < -0.4 is 10.6 Å². The van der Waals surface area contributed by atoms with Crippen LogP contribution in [-0.2, 0) is 6.54 Å². The Morgan fingerprint density at radius 3 is 2.59 bits per heavy atom. The lowest BCUT2D eigenvalue weighted by Crippen LogP contribution is -2.20. The zero-order valence-electron chi connectivity index (χ0n) is 10.3. The van der Waals surface area contributed by atoms with E-state index in [0.717, 1.165) is 6.54 Å². The van der Waals surface area contributed by atoms with E-state index in [9.17, 15) is 8.78 Å². The van der Waals surface area contributed by atoms with Gasteiger partial charge in [-0.3, -0.25) is 0 Å². The van der Waals surface area contributed by atoms with E-state index in [4.69, 9.17) is 0 Å². The van der Waals surface area contributed by atoms with Crippen LogP contribution in [0.1, 0.15) is 31.5 Å². The molecule has 0 radical (unpaired) electrons. The van der Waals surface area contributed by atoms with Crippen molar-refractivity contribution in [3.63, 3.8) is 0 Å². The predicted molar refractivity (Wildman–Crippen MR) is 63.1 cm³/mol. The number of nitrogens with one attached hydrogen (secondary N) is 2. The quantitative estimate of drug-likeness (QED) is 0.805. The molecule has 2 N–H and O–H groups in total. The van der Waals surface area contributed by atoms with E-state index >= 15 is 0 Å². The SMILES string of the molecule is CNc1ncc(CNCC(C)C)c(C(F)F)n1. The summed E-state index contributed by atoms with van der Waals surface area (Å²) in [7, 11) is 1.60. The third kappa shape index (κ3) is 4.22. The van der Waals surface area contributed by atoms with Crippen molar-refractivity contribution in [2.75, 3.05) is 18.9 Å². The summed E-state index contributed by atoms with van der Waals surface area (Å²) in [6.45, 7) is 5.25. The zero-order chi connectivity index (χ0) is 12.8. The van der Waals surface area contributed by atoms with Crippen LogP contribution in [0.5, 0.6) is 0 Å². The number of hydrogen-bond donors (Lipinski definition) is 2. The first-order chi connectivity index (χ1) is 8.04. The number of alkyl halides is 2. The highest BCUT2D eigenvalue weighted by molar-refractivity contribution is 5.29. The molecule has 0 bridgehead atoms. The molecule has 0 aliphatic rings. The molecule has 96 valence electrons. The maximum Gasteiger partial charge on any atom is 0.280 e. The third-order valence-corrected chi connectivity index (χ3v) is 2.20. The van der Waals surface area contributed by atoms with Crippen molar-refractivity contribution in [2.24, 2.45) is 5.92 Å². The van der Waals surface area contributed by atoms with Gasteiger partial charge in [-0.1, -0.05) is 13.8 Å². The molecule has 0 unspecified atom stereocenters. The summed E-state index contributed by atoms with van der Waals surface area (Å²) in [6, 6.07) is 0. The predicted octanol–water partition coefficient (Wildman–Crippen LogP) is 2.20. The maximum atomic E-state index is 12.8. The summed E-state index contributed by atoms with van der Waals surface area (Å²) in [6.07, 6.45) is -1.14. The first-order valence-corrected chi connectivity index (χ1v) is 5.57. The van der Waals surface area contributed by atoms with Gasteiger partial charge in [0.05, 0.1) is 0 Å². The van der Waals surface area contributed by atoms with Crippen molar-refractivity contribution in [1.82, 2.24) is 15.3 Å². The fourth-order valence-electron chi connectivity index (χ4n) is 1.36. The van der Waals surface area contributed by atoms with Gasteiger partial charge in [0.15, 0.2) is 0 Å². The van der Waals surface area contributed by atoms with Crippen molar-refractivity contribution < 1.29 is 8.78 Å². The molecule has 0 saturated carbocycles. The minimum Gasteiger partial charge on any atom is -0.357 e. The second-order valence-electron chi connectivity index (χ2n) is 4.18. The molecule has 1 rings (SSSR count). The lowest BCUT2D eigenvalue weighted by molar-refractivity contribution is 0.144. The van der Waals surface area contributed by atoms with Crippen LogP contribution in [-0.4, -0.2) is 23.6 Å². The summed E-state index contributed by atoms with van der Waals surface area (Å²) in [5, 5.41) is 5.75. The standard InChI is InChI=1S/C11H18F2N4/c1-7(2)4-15-5-8-6-16-11(14-3)17-9(8)10(12)13/h6-7,10,15H,4-5H2,1-3H3,(H,14,16,17). The monoisotopic (exact) mass is 244 g/mol. The molecule has 6 heteroatoms. The first-order valence-electron chi connectivity index (χ1n) is 5.57. The largest absolute Gasteiger partial charge is 0.357 e. The molecular formula is C11H18F2N4. The van der Waals surface area contributed by atoms with Crippen molar-refractivity contribution in [3.8, 4) is 0 Å². The molecule has 0 amide bonds. The lowest BCUT2D eigenvalue weighted by atomic mass is 10.2. The van der Waals surface area contributed by atoms with Crippen LogP contribution in [0, 0.1) is 5.92 Å². The molecule has 0 fully saturated rings. The molecule has 0 atom stereocenters. The molecule has 17 heavy (non-hydrogen) atoms. The molecule has 0 aliphatic carbocycles. The fourth-order valence-corrected chi connectivity index (χ4v) is 1.36. The average molecular weight is 244 g/mol. The topological polar surface area (TPSA) is 49.8 Å². The Kier molecular flexibility index (Phi) is 5.21. The smallest absolute Gasteiger partial charge is 0.280 e. The van der Waals surface area contributed by atoms with E-state index in [1.54, 1.807) is 7.05 Å². The highest BCUT2D eigenvalue weighted by Crippen LogP contribution is 2.21. The van der Waals surface area contributed by atoms with E-state index in [2.05, 4.69) is 34.4 Å². The minimum atomic E-state index is -2.58. The van der Waals surface area contributed by atoms with Gasteiger partial charge in [-0.25, -0.2) is 18.7 Å². The zero-order valence-corrected chi connectivity index (χ0v) is 10.3. The molecule has 1 heterocycles. The van der Waals surface area contributed by atoms with E-state index in [-0.39, 0.29) is 11.6 Å². The van der Waals surface area contributed by atoms with E-state index < -0.39 is 6.43 Å². The Morgan fingerprint density at radius 1 is 1.35 bits per heavy atom. The number of nitrogens with zero attached hydrogens (tertiary/aromatic N) is 2. The summed E-state index contributed by atoms with van der Waals surface area (Å²) in [5.74, 6) is 0.690. The lowest BCUT2D eigenvalue weighted by Gasteiger charge is -2.11. The Morgan fingerprint density at radius 2 is 2.06 bits per heavy atom. The molecular weight excluding hydrogens is 226 g/mol. The van der Waals surface area contributed by atoms with E-state index in [1.807, 2.05) is 0 Å². The van der Waals surface area contributed by atoms with Gasteiger partial charge in [-0.2, -0.15) is 0 Å². The summed E-state index contributed by atoms with van der Waals surface area (Å²) >= 11 is 0. The summed E-state index contributed by atoms with van der Waals surface area (Å²) in [5.41, 5.74) is 0.236. The van der Waals surface area contributed by atoms with Gasteiger partial charge in [-0.05, 0) is 12.5 Å². The Balaban J connectivity index is 2.76. The van der Waals surface area contributed by atoms with E-state index in [1.165, 1.54) is 6.20 Å². The number of rotatable bonds is 6. The van der Waals surface area contributed by atoms with Gasteiger partial charge >= 0.3 is 0 Å². The molecule has 1 aromatic heterocycles.